The highest BCUT2D eigenvalue weighted by atomic mass is 79.9. The molecule has 110 valence electrons. The Morgan fingerprint density at radius 2 is 1.75 bits per heavy atom. The molecule has 0 spiro atoms. The molecule has 1 fully saturated rings. The molecule has 0 aliphatic heterocycles. The van der Waals surface area contributed by atoms with Gasteiger partial charge in [-0.2, -0.15) is 0 Å². The Morgan fingerprint density at radius 3 is 2.30 bits per heavy atom. The van der Waals surface area contributed by atoms with Crippen LogP contribution >= 0.6 is 15.9 Å². The van der Waals surface area contributed by atoms with Crippen LogP contribution in [0, 0.1) is 5.92 Å². The van der Waals surface area contributed by atoms with Crippen molar-refractivity contribution in [3.8, 4) is 11.5 Å². The van der Waals surface area contributed by atoms with Crippen LogP contribution in [0.4, 0.5) is 0 Å². The zero-order chi connectivity index (χ0) is 14.5. The van der Waals surface area contributed by atoms with E-state index >= 15 is 0 Å². The number of carbonyl (C=O) groups excluding carboxylic acids is 1. The maximum absolute atomic E-state index is 12.7. The summed E-state index contributed by atoms with van der Waals surface area (Å²) >= 11 is 3.46. The fourth-order valence-corrected chi connectivity index (χ4v) is 3.52. The van der Waals surface area contributed by atoms with Crippen LogP contribution in [0.1, 0.15) is 48.9 Å². The van der Waals surface area contributed by atoms with E-state index in [0.717, 1.165) is 25.7 Å². The fraction of sp³-hybridized carbons (Fsp3) is 0.562. The number of Topliss-reactive ketones (excluding diaryl/α,β-unsaturated/α-hetero) is 1. The molecule has 1 aromatic carbocycles. The van der Waals surface area contributed by atoms with Gasteiger partial charge in [-0.25, -0.2) is 0 Å². The second kappa shape index (κ2) is 7.11. The summed E-state index contributed by atoms with van der Waals surface area (Å²) in [6.07, 6.45) is 6.77. The molecule has 1 aliphatic rings. The first-order valence-corrected chi connectivity index (χ1v) is 7.93. The van der Waals surface area contributed by atoms with Gasteiger partial charge in [0.05, 0.1) is 19.8 Å². The van der Waals surface area contributed by atoms with Crippen molar-refractivity contribution < 1.29 is 14.3 Å². The summed E-state index contributed by atoms with van der Waals surface area (Å²) in [6.45, 7) is 0. The van der Waals surface area contributed by atoms with E-state index in [0.29, 0.717) is 21.5 Å². The Balaban J connectivity index is 2.31. The van der Waals surface area contributed by atoms with Gasteiger partial charge in [0.25, 0.3) is 0 Å². The number of halogens is 1. The summed E-state index contributed by atoms with van der Waals surface area (Å²) in [5.74, 6) is 1.59. The summed E-state index contributed by atoms with van der Waals surface area (Å²) in [6, 6.07) is 3.63. The molecule has 0 atom stereocenters. The van der Waals surface area contributed by atoms with E-state index in [1.165, 1.54) is 12.8 Å². The molecule has 0 heterocycles. The molecule has 1 aromatic rings. The van der Waals surface area contributed by atoms with Crippen LogP contribution in [0.25, 0.3) is 0 Å². The molecule has 2 rings (SSSR count). The number of rotatable bonds is 4. The number of benzene rings is 1. The summed E-state index contributed by atoms with van der Waals surface area (Å²) in [5.41, 5.74) is 0.659. The Kier molecular flexibility index (Phi) is 5.46. The van der Waals surface area contributed by atoms with Gasteiger partial charge in [0.15, 0.2) is 5.78 Å². The fourth-order valence-electron chi connectivity index (χ4n) is 2.85. The van der Waals surface area contributed by atoms with Gasteiger partial charge in [-0.15, -0.1) is 0 Å². The van der Waals surface area contributed by atoms with Gasteiger partial charge in [-0.05, 0) is 40.9 Å². The maximum atomic E-state index is 12.7. The average molecular weight is 341 g/mol. The van der Waals surface area contributed by atoms with Gasteiger partial charge in [0, 0.05) is 5.92 Å². The van der Waals surface area contributed by atoms with Crippen LogP contribution in [-0.2, 0) is 0 Å². The molecule has 1 aliphatic carbocycles. The summed E-state index contributed by atoms with van der Waals surface area (Å²) in [7, 11) is 3.19. The quantitative estimate of drug-likeness (QED) is 0.592. The smallest absolute Gasteiger partial charge is 0.169 e. The highest BCUT2D eigenvalue weighted by Crippen LogP contribution is 2.39. The molecule has 0 aromatic heterocycles. The Hall–Kier alpha value is -1.03. The number of ketones is 1. The third-order valence-electron chi connectivity index (χ3n) is 3.98. The number of hydrogen-bond acceptors (Lipinski definition) is 3. The van der Waals surface area contributed by atoms with E-state index in [1.54, 1.807) is 14.2 Å². The molecular weight excluding hydrogens is 320 g/mol. The monoisotopic (exact) mass is 340 g/mol. The zero-order valence-electron chi connectivity index (χ0n) is 12.1. The Bertz CT molecular complexity index is 477. The number of methoxy groups -OCH3 is 2. The van der Waals surface area contributed by atoms with Crippen LogP contribution in [-0.4, -0.2) is 20.0 Å². The minimum absolute atomic E-state index is 0.131. The van der Waals surface area contributed by atoms with Crippen molar-refractivity contribution in [1.82, 2.24) is 0 Å². The van der Waals surface area contributed by atoms with Crippen LogP contribution in [0.15, 0.2) is 16.6 Å². The van der Waals surface area contributed by atoms with Gasteiger partial charge in [-0.1, -0.05) is 25.7 Å². The molecule has 4 heteroatoms. The Morgan fingerprint density at radius 1 is 1.10 bits per heavy atom. The molecule has 0 radical (unpaired) electrons. The lowest BCUT2D eigenvalue weighted by Gasteiger charge is -2.17. The second-order valence-electron chi connectivity index (χ2n) is 5.22. The van der Waals surface area contributed by atoms with Crippen LogP contribution in [0.2, 0.25) is 0 Å². The summed E-state index contributed by atoms with van der Waals surface area (Å²) < 4.78 is 11.4. The lowest BCUT2D eigenvalue weighted by atomic mass is 9.90. The van der Waals surface area contributed by atoms with E-state index in [9.17, 15) is 4.79 Å². The standard InChI is InChI=1S/C16H21BrO3/c1-19-13-10-9-12(16(20-2)14(13)17)15(18)11-7-5-3-4-6-8-11/h9-11H,3-8H2,1-2H3. The lowest BCUT2D eigenvalue weighted by molar-refractivity contribution is 0.0904. The molecule has 0 amide bonds. The minimum Gasteiger partial charge on any atom is -0.495 e. The van der Waals surface area contributed by atoms with Crippen molar-refractivity contribution in [2.24, 2.45) is 5.92 Å². The average Bonchev–Trinajstić information content (AvgIpc) is 2.75. The minimum atomic E-state index is 0.131. The van der Waals surface area contributed by atoms with Crippen molar-refractivity contribution >= 4 is 21.7 Å². The predicted molar refractivity (Wildman–Crippen MR) is 82.8 cm³/mol. The largest absolute Gasteiger partial charge is 0.495 e. The first kappa shape index (κ1) is 15.4. The van der Waals surface area contributed by atoms with Crippen molar-refractivity contribution in [3.05, 3.63) is 22.2 Å². The van der Waals surface area contributed by atoms with Crippen molar-refractivity contribution in [2.45, 2.75) is 38.5 Å². The van der Waals surface area contributed by atoms with Crippen LogP contribution in [0.3, 0.4) is 0 Å². The van der Waals surface area contributed by atoms with Crippen molar-refractivity contribution in [2.75, 3.05) is 14.2 Å². The van der Waals surface area contributed by atoms with Gasteiger partial charge >= 0.3 is 0 Å². The maximum Gasteiger partial charge on any atom is 0.169 e. The lowest BCUT2D eigenvalue weighted by Crippen LogP contribution is -2.15. The first-order chi connectivity index (χ1) is 9.69. The van der Waals surface area contributed by atoms with Gasteiger partial charge < -0.3 is 9.47 Å². The van der Waals surface area contributed by atoms with E-state index in [-0.39, 0.29) is 11.7 Å². The van der Waals surface area contributed by atoms with Gasteiger partial charge in [0.1, 0.15) is 16.0 Å². The molecule has 0 saturated heterocycles. The summed E-state index contributed by atoms with van der Waals surface area (Å²) in [5, 5.41) is 0. The molecule has 3 nitrogen and oxygen atoms in total. The number of ether oxygens (including phenoxy) is 2. The van der Waals surface area contributed by atoms with E-state index in [2.05, 4.69) is 15.9 Å². The topological polar surface area (TPSA) is 35.5 Å². The molecular formula is C16H21BrO3. The number of carbonyl (C=O) groups is 1. The predicted octanol–water partition coefficient (Wildman–Crippen LogP) is 4.62. The molecule has 0 unspecified atom stereocenters. The highest BCUT2D eigenvalue weighted by molar-refractivity contribution is 9.10. The third-order valence-corrected chi connectivity index (χ3v) is 4.73. The summed E-state index contributed by atoms with van der Waals surface area (Å²) in [4.78, 5) is 12.7. The van der Waals surface area contributed by atoms with E-state index < -0.39 is 0 Å². The molecule has 0 N–H and O–H groups in total. The molecule has 0 bridgehead atoms. The van der Waals surface area contributed by atoms with E-state index in [4.69, 9.17) is 9.47 Å². The first-order valence-electron chi connectivity index (χ1n) is 7.13. The van der Waals surface area contributed by atoms with Crippen molar-refractivity contribution in [3.63, 3.8) is 0 Å². The molecule has 20 heavy (non-hydrogen) atoms. The number of hydrogen-bond donors (Lipinski definition) is 0. The van der Waals surface area contributed by atoms with Crippen LogP contribution in [0.5, 0.6) is 11.5 Å². The van der Waals surface area contributed by atoms with Gasteiger partial charge in [-0.3, -0.25) is 4.79 Å². The third kappa shape index (κ3) is 3.17. The van der Waals surface area contributed by atoms with Gasteiger partial charge in [0.2, 0.25) is 0 Å². The SMILES string of the molecule is COc1ccc(C(=O)C2CCCCCC2)c(OC)c1Br. The highest BCUT2D eigenvalue weighted by Gasteiger charge is 2.25. The van der Waals surface area contributed by atoms with Crippen molar-refractivity contribution in [1.29, 1.82) is 0 Å². The van der Waals surface area contributed by atoms with Crippen LogP contribution < -0.4 is 9.47 Å². The molecule has 1 saturated carbocycles. The van der Waals surface area contributed by atoms with E-state index in [1.807, 2.05) is 12.1 Å². The normalized spacial score (nSPS) is 16.6. The second-order valence-corrected chi connectivity index (χ2v) is 6.01. The zero-order valence-corrected chi connectivity index (χ0v) is 13.7. The Labute approximate surface area is 128 Å².